The van der Waals surface area contributed by atoms with Gasteiger partial charge < -0.3 is 0 Å². The quantitative estimate of drug-likeness (QED) is 0.605. The smallest absolute Gasteiger partial charge is 0.0991 e. The van der Waals surface area contributed by atoms with E-state index in [9.17, 15) is 0 Å². The van der Waals surface area contributed by atoms with Crippen LogP contribution in [0.4, 0.5) is 0 Å². The maximum absolute atomic E-state index is 9.01. The number of halogens is 1. The molecule has 2 atom stereocenters. The summed E-state index contributed by atoms with van der Waals surface area (Å²) < 4.78 is 0. The summed E-state index contributed by atoms with van der Waals surface area (Å²) >= 11 is 6.13. The van der Waals surface area contributed by atoms with E-state index in [1.807, 2.05) is 36.4 Å². The second kappa shape index (κ2) is 6.23. The first-order valence-electron chi connectivity index (χ1n) is 9.30. The van der Waals surface area contributed by atoms with Gasteiger partial charge in [-0.2, -0.15) is 5.26 Å². The first kappa shape index (κ1) is 16.6. The molecule has 27 heavy (non-hydrogen) atoms. The fourth-order valence-corrected chi connectivity index (χ4v) is 4.88. The zero-order chi connectivity index (χ0) is 18.4. The van der Waals surface area contributed by atoms with Crippen LogP contribution >= 0.6 is 11.6 Å². The summed E-state index contributed by atoms with van der Waals surface area (Å²) in [5, 5.41) is 9.80. The summed E-state index contributed by atoms with van der Waals surface area (Å²) in [5.41, 5.74) is 7.37. The number of hydrogen-bond donors (Lipinski definition) is 0. The number of rotatable bonds is 2. The van der Waals surface area contributed by atoms with E-state index in [0.29, 0.717) is 5.56 Å². The van der Waals surface area contributed by atoms with E-state index in [1.54, 1.807) is 0 Å². The first-order chi connectivity index (χ1) is 13.2. The van der Waals surface area contributed by atoms with Crippen molar-refractivity contribution in [1.29, 1.82) is 5.26 Å². The maximum Gasteiger partial charge on any atom is 0.0991 e. The van der Waals surface area contributed by atoms with Crippen molar-refractivity contribution >= 4 is 11.6 Å². The lowest BCUT2D eigenvalue weighted by molar-refractivity contribution is 0.295. The van der Waals surface area contributed by atoms with Crippen LogP contribution in [-0.2, 0) is 12.0 Å². The second-order valence-electron chi connectivity index (χ2n) is 7.61. The first-order valence-corrected chi connectivity index (χ1v) is 9.68. The van der Waals surface area contributed by atoms with Crippen molar-refractivity contribution in [3.05, 3.63) is 94.0 Å². The molecule has 0 radical (unpaired) electrons. The monoisotopic (exact) mass is 370 g/mol. The molecule has 2 bridgehead atoms. The van der Waals surface area contributed by atoms with Gasteiger partial charge in [-0.3, -0.25) is 4.90 Å². The molecule has 2 nitrogen and oxygen atoms in total. The summed E-state index contributed by atoms with van der Waals surface area (Å²) in [6.07, 6.45) is 1.15. The Bertz CT molecular complexity index is 1050. The summed E-state index contributed by atoms with van der Waals surface area (Å²) in [6.45, 7) is 3.22. The van der Waals surface area contributed by atoms with Crippen LogP contribution in [0.15, 0.2) is 66.7 Å². The third kappa shape index (κ3) is 2.67. The molecule has 1 fully saturated rings. The van der Waals surface area contributed by atoms with E-state index < -0.39 is 0 Å². The molecule has 5 rings (SSSR count). The van der Waals surface area contributed by atoms with E-state index in [-0.39, 0.29) is 5.41 Å². The lowest BCUT2D eigenvalue weighted by Crippen LogP contribution is -2.37. The van der Waals surface area contributed by atoms with Crippen LogP contribution in [0.5, 0.6) is 0 Å². The maximum atomic E-state index is 9.01. The Morgan fingerprint density at radius 3 is 2.41 bits per heavy atom. The summed E-state index contributed by atoms with van der Waals surface area (Å²) in [4.78, 5) is 2.56. The summed E-state index contributed by atoms with van der Waals surface area (Å²) in [5.74, 6) is 0. The van der Waals surface area contributed by atoms with Crippen LogP contribution in [0.2, 0.25) is 5.02 Å². The Morgan fingerprint density at radius 2 is 1.67 bits per heavy atom. The molecule has 0 amide bonds. The van der Waals surface area contributed by atoms with Gasteiger partial charge in [0.15, 0.2) is 0 Å². The van der Waals surface area contributed by atoms with Crippen LogP contribution < -0.4 is 0 Å². The highest BCUT2D eigenvalue weighted by molar-refractivity contribution is 6.30. The lowest BCUT2D eigenvalue weighted by atomic mass is 9.70. The van der Waals surface area contributed by atoms with Crippen molar-refractivity contribution in [3.8, 4) is 17.2 Å². The molecular weight excluding hydrogens is 352 g/mol. The molecule has 2 unspecified atom stereocenters. The van der Waals surface area contributed by atoms with Crippen molar-refractivity contribution < 1.29 is 0 Å². The zero-order valence-corrected chi connectivity index (χ0v) is 15.7. The number of benzene rings is 3. The molecule has 0 N–H and O–H groups in total. The molecule has 132 valence electrons. The van der Waals surface area contributed by atoms with E-state index in [0.717, 1.165) is 36.6 Å². The fraction of sp³-hybridized carbons (Fsp3) is 0.208. The van der Waals surface area contributed by atoms with Gasteiger partial charge in [0.1, 0.15) is 0 Å². The number of fused-ring (bicyclic) bond motifs is 4. The molecule has 0 spiro atoms. The topological polar surface area (TPSA) is 27.0 Å². The highest BCUT2D eigenvalue weighted by Gasteiger charge is 2.45. The van der Waals surface area contributed by atoms with Crippen LogP contribution in [-0.4, -0.2) is 18.0 Å². The van der Waals surface area contributed by atoms with Crippen LogP contribution in [0.25, 0.3) is 11.1 Å². The van der Waals surface area contributed by atoms with Gasteiger partial charge in [0.2, 0.25) is 0 Å². The molecular formula is C24H19ClN2. The van der Waals surface area contributed by atoms with E-state index in [4.69, 9.17) is 16.9 Å². The minimum absolute atomic E-state index is 0.0708. The molecule has 2 aliphatic heterocycles. The van der Waals surface area contributed by atoms with Gasteiger partial charge in [-0.15, -0.1) is 0 Å². The van der Waals surface area contributed by atoms with Gasteiger partial charge in [0.25, 0.3) is 0 Å². The van der Waals surface area contributed by atoms with Crippen molar-refractivity contribution in [2.45, 2.75) is 18.4 Å². The van der Waals surface area contributed by atoms with Crippen molar-refractivity contribution in [2.75, 3.05) is 13.1 Å². The molecule has 0 aromatic heterocycles. The van der Waals surface area contributed by atoms with Crippen LogP contribution in [0, 0.1) is 11.3 Å². The third-order valence-corrected chi connectivity index (χ3v) is 6.36. The molecule has 3 aromatic rings. The standard InChI is InChI=1S/C24H19ClN2/c25-22-8-6-21(7-9-22)24-11-12-27(16-24)15-20-13-19(5-10-23(20)24)18-3-1-17(14-26)2-4-18/h1-10,13H,11-12,15-16H2. The second-order valence-corrected chi connectivity index (χ2v) is 8.05. The van der Waals surface area contributed by atoms with Crippen LogP contribution in [0.1, 0.15) is 28.7 Å². The number of nitrogens with zero attached hydrogens (tertiary/aromatic N) is 2. The Labute approximate surface area is 164 Å². The van der Waals surface area contributed by atoms with Gasteiger partial charge in [-0.05, 0) is 71.1 Å². The average Bonchev–Trinajstić information content (AvgIpc) is 3.07. The Morgan fingerprint density at radius 1 is 0.926 bits per heavy atom. The van der Waals surface area contributed by atoms with Gasteiger partial charge in [0, 0.05) is 23.5 Å². The number of hydrogen-bond acceptors (Lipinski definition) is 2. The molecule has 2 aliphatic rings. The molecule has 0 saturated carbocycles. The lowest BCUT2D eigenvalue weighted by Gasteiger charge is -2.37. The minimum atomic E-state index is 0.0708. The van der Waals surface area contributed by atoms with Crippen LogP contribution in [0.3, 0.4) is 0 Å². The Balaban J connectivity index is 1.60. The summed E-state index contributed by atoms with van der Waals surface area (Å²) in [7, 11) is 0. The molecule has 2 heterocycles. The minimum Gasteiger partial charge on any atom is -0.298 e. The largest absolute Gasteiger partial charge is 0.298 e. The van der Waals surface area contributed by atoms with Gasteiger partial charge >= 0.3 is 0 Å². The average molecular weight is 371 g/mol. The fourth-order valence-electron chi connectivity index (χ4n) is 4.75. The van der Waals surface area contributed by atoms with Gasteiger partial charge in [-0.25, -0.2) is 0 Å². The van der Waals surface area contributed by atoms with Crippen molar-refractivity contribution in [2.24, 2.45) is 0 Å². The summed E-state index contributed by atoms with van der Waals surface area (Å²) in [6, 6.07) is 25.3. The van der Waals surface area contributed by atoms with E-state index >= 15 is 0 Å². The highest BCUT2D eigenvalue weighted by atomic mass is 35.5. The third-order valence-electron chi connectivity index (χ3n) is 6.11. The molecule has 3 heteroatoms. The predicted octanol–water partition coefficient (Wildman–Crippen LogP) is 5.38. The predicted molar refractivity (Wildman–Crippen MR) is 109 cm³/mol. The van der Waals surface area contributed by atoms with Crippen molar-refractivity contribution in [1.82, 2.24) is 4.90 Å². The van der Waals surface area contributed by atoms with E-state index in [1.165, 1.54) is 22.3 Å². The normalized spacial score (nSPS) is 22.9. The molecule has 0 aliphatic carbocycles. The molecule has 1 saturated heterocycles. The SMILES string of the molecule is N#Cc1ccc(-c2ccc3c(c2)CN2CCC3(c3ccc(Cl)cc3)C2)cc1. The van der Waals surface area contributed by atoms with Gasteiger partial charge in [0.05, 0.1) is 11.6 Å². The van der Waals surface area contributed by atoms with E-state index in [2.05, 4.69) is 41.3 Å². The zero-order valence-electron chi connectivity index (χ0n) is 15.0. The Hall–Kier alpha value is -2.60. The van der Waals surface area contributed by atoms with Gasteiger partial charge in [-0.1, -0.05) is 48.0 Å². The highest BCUT2D eigenvalue weighted by Crippen LogP contribution is 2.47. The van der Waals surface area contributed by atoms with Crippen molar-refractivity contribution in [3.63, 3.8) is 0 Å². The molecule has 3 aromatic carbocycles. The Kier molecular flexibility index (Phi) is 3.82. The number of nitriles is 1.